The van der Waals surface area contributed by atoms with Crippen LogP contribution < -0.4 is 0 Å². The molecule has 0 saturated carbocycles. The van der Waals surface area contributed by atoms with Gasteiger partial charge in [0.05, 0.1) is 12.2 Å². The lowest BCUT2D eigenvalue weighted by Gasteiger charge is -2.28. The number of thioether (sulfide) groups is 1. The summed E-state index contributed by atoms with van der Waals surface area (Å²) in [6, 6.07) is 4.27. The first-order valence-electron chi connectivity index (χ1n) is 7.67. The second-order valence-electron chi connectivity index (χ2n) is 5.88. The molecule has 0 radical (unpaired) electrons. The van der Waals surface area contributed by atoms with Crippen LogP contribution in [0.3, 0.4) is 0 Å². The van der Waals surface area contributed by atoms with Crippen molar-refractivity contribution in [1.29, 1.82) is 0 Å². The van der Waals surface area contributed by atoms with Gasteiger partial charge in [-0.05, 0) is 31.4 Å². The molecule has 110 valence electrons. The molecular weight excluding hydrogens is 268 g/mol. The molecule has 1 aromatic heterocycles. The van der Waals surface area contributed by atoms with Crippen LogP contribution in [0.5, 0.6) is 0 Å². The van der Waals surface area contributed by atoms with Crippen LogP contribution in [0.4, 0.5) is 0 Å². The van der Waals surface area contributed by atoms with Crippen molar-refractivity contribution in [2.75, 3.05) is 31.1 Å². The van der Waals surface area contributed by atoms with Gasteiger partial charge in [-0.2, -0.15) is 11.8 Å². The first-order valence-corrected chi connectivity index (χ1v) is 8.82. The summed E-state index contributed by atoms with van der Waals surface area (Å²) in [6.45, 7) is 5.63. The highest BCUT2D eigenvalue weighted by atomic mass is 32.2. The lowest BCUT2D eigenvalue weighted by atomic mass is 10.1. The van der Waals surface area contributed by atoms with E-state index in [0.717, 1.165) is 18.7 Å². The molecule has 4 heteroatoms. The summed E-state index contributed by atoms with van der Waals surface area (Å²) >= 11 is 2.07. The molecule has 0 aromatic carbocycles. The Hall–Kier alpha value is -0.580. The van der Waals surface area contributed by atoms with Gasteiger partial charge in [-0.15, -0.1) is 0 Å². The fourth-order valence-electron chi connectivity index (χ4n) is 3.02. The summed E-state index contributed by atoms with van der Waals surface area (Å²) in [6.07, 6.45) is 6.26. The Morgan fingerprint density at radius 1 is 1.25 bits per heavy atom. The van der Waals surface area contributed by atoms with Crippen LogP contribution in [0.1, 0.15) is 24.1 Å². The Morgan fingerprint density at radius 2 is 2.05 bits per heavy atom. The minimum absolute atomic E-state index is 0.392. The van der Waals surface area contributed by atoms with Gasteiger partial charge < -0.3 is 4.74 Å². The van der Waals surface area contributed by atoms with Crippen molar-refractivity contribution < 1.29 is 4.74 Å². The van der Waals surface area contributed by atoms with Crippen molar-refractivity contribution in [2.45, 2.75) is 38.4 Å². The fourth-order valence-corrected chi connectivity index (χ4v) is 4.00. The molecule has 0 N–H and O–H groups in total. The lowest BCUT2D eigenvalue weighted by Crippen LogP contribution is -2.38. The summed E-state index contributed by atoms with van der Waals surface area (Å²) in [5, 5.41) is 0. The number of aryl methyl sites for hydroxylation is 1. The van der Waals surface area contributed by atoms with Gasteiger partial charge in [-0.1, -0.05) is 6.07 Å². The molecule has 2 atom stereocenters. The number of aromatic nitrogens is 1. The van der Waals surface area contributed by atoms with Gasteiger partial charge >= 0.3 is 0 Å². The van der Waals surface area contributed by atoms with Crippen LogP contribution in [-0.2, 0) is 11.2 Å². The quantitative estimate of drug-likeness (QED) is 0.851. The van der Waals surface area contributed by atoms with Crippen LogP contribution in [0, 0.1) is 6.92 Å². The van der Waals surface area contributed by atoms with Gasteiger partial charge in [0.2, 0.25) is 0 Å². The Bertz CT molecular complexity index is 417. The van der Waals surface area contributed by atoms with Crippen LogP contribution in [0.2, 0.25) is 0 Å². The van der Waals surface area contributed by atoms with Crippen LogP contribution >= 0.6 is 11.8 Å². The van der Waals surface area contributed by atoms with E-state index in [1.165, 1.54) is 43.0 Å². The highest BCUT2D eigenvalue weighted by Gasteiger charge is 2.27. The summed E-state index contributed by atoms with van der Waals surface area (Å²) in [7, 11) is 0. The largest absolute Gasteiger partial charge is 0.373 e. The molecule has 0 unspecified atom stereocenters. The third kappa shape index (κ3) is 3.96. The molecule has 3 heterocycles. The van der Waals surface area contributed by atoms with E-state index in [4.69, 9.17) is 4.74 Å². The van der Waals surface area contributed by atoms with Gasteiger partial charge in [0.25, 0.3) is 0 Å². The Kier molecular flexibility index (Phi) is 4.97. The van der Waals surface area contributed by atoms with Crippen molar-refractivity contribution in [3.63, 3.8) is 0 Å². The van der Waals surface area contributed by atoms with Gasteiger partial charge in [-0.25, -0.2) is 0 Å². The number of hydrogen-bond acceptors (Lipinski definition) is 4. The molecule has 2 aliphatic rings. The topological polar surface area (TPSA) is 25.4 Å². The molecule has 20 heavy (non-hydrogen) atoms. The SMILES string of the molecule is Cc1ccc(C[C@@H]2CC[C@H](CN3CCSCC3)O2)cn1. The van der Waals surface area contributed by atoms with Crippen molar-refractivity contribution in [3.8, 4) is 0 Å². The highest BCUT2D eigenvalue weighted by molar-refractivity contribution is 7.99. The predicted octanol–water partition coefficient (Wildman–Crippen LogP) is 2.53. The zero-order chi connectivity index (χ0) is 13.8. The third-order valence-electron chi connectivity index (χ3n) is 4.20. The molecule has 0 aliphatic carbocycles. The number of pyridine rings is 1. The third-order valence-corrected chi connectivity index (χ3v) is 5.14. The molecule has 2 saturated heterocycles. The second kappa shape index (κ2) is 6.92. The highest BCUT2D eigenvalue weighted by Crippen LogP contribution is 2.24. The van der Waals surface area contributed by atoms with E-state index in [1.54, 1.807) is 0 Å². The average molecular weight is 292 g/mol. The first kappa shape index (κ1) is 14.4. The maximum Gasteiger partial charge on any atom is 0.0706 e. The minimum atomic E-state index is 0.392. The van der Waals surface area contributed by atoms with Crippen molar-refractivity contribution in [2.24, 2.45) is 0 Å². The zero-order valence-corrected chi connectivity index (χ0v) is 13.1. The lowest BCUT2D eigenvalue weighted by molar-refractivity contribution is 0.0251. The number of hydrogen-bond donors (Lipinski definition) is 0. The summed E-state index contributed by atoms with van der Waals surface area (Å²) < 4.78 is 6.22. The molecule has 0 amide bonds. The minimum Gasteiger partial charge on any atom is -0.373 e. The van der Waals surface area contributed by atoms with Crippen molar-refractivity contribution >= 4 is 11.8 Å². The zero-order valence-electron chi connectivity index (χ0n) is 12.3. The van der Waals surface area contributed by atoms with Crippen molar-refractivity contribution in [3.05, 3.63) is 29.6 Å². The van der Waals surface area contributed by atoms with E-state index in [-0.39, 0.29) is 0 Å². The number of ether oxygens (including phenoxy) is 1. The number of nitrogens with zero attached hydrogens (tertiary/aromatic N) is 2. The van der Waals surface area contributed by atoms with Gasteiger partial charge in [0, 0.05) is 49.5 Å². The standard InChI is InChI=1S/C16H24N2OS/c1-13-2-3-14(11-17-13)10-15-4-5-16(19-15)12-18-6-8-20-9-7-18/h2-3,11,15-16H,4-10,12H2,1H3/t15-,16+/m0/s1. The van der Waals surface area contributed by atoms with E-state index >= 15 is 0 Å². The van der Waals surface area contributed by atoms with Crippen LogP contribution in [-0.4, -0.2) is 53.2 Å². The fraction of sp³-hybridized carbons (Fsp3) is 0.688. The summed E-state index contributed by atoms with van der Waals surface area (Å²) in [4.78, 5) is 6.93. The molecule has 1 aromatic rings. The second-order valence-corrected chi connectivity index (χ2v) is 7.11. The number of rotatable bonds is 4. The Balaban J connectivity index is 1.45. The van der Waals surface area contributed by atoms with E-state index in [9.17, 15) is 0 Å². The van der Waals surface area contributed by atoms with Gasteiger partial charge in [-0.3, -0.25) is 9.88 Å². The van der Waals surface area contributed by atoms with Crippen LogP contribution in [0.15, 0.2) is 18.3 Å². The average Bonchev–Trinajstić information content (AvgIpc) is 2.90. The normalized spacial score (nSPS) is 27.9. The van der Waals surface area contributed by atoms with Gasteiger partial charge in [0.1, 0.15) is 0 Å². The smallest absolute Gasteiger partial charge is 0.0706 e. The van der Waals surface area contributed by atoms with E-state index in [1.807, 2.05) is 13.1 Å². The maximum atomic E-state index is 6.22. The van der Waals surface area contributed by atoms with E-state index in [2.05, 4.69) is 33.8 Å². The molecule has 2 aliphatic heterocycles. The molecule has 3 nitrogen and oxygen atoms in total. The summed E-state index contributed by atoms with van der Waals surface area (Å²) in [5.74, 6) is 2.57. The van der Waals surface area contributed by atoms with Crippen molar-refractivity contribution in [1.82, 2.24) is 9.88 Å². The monoisotopic (exact) mass is 292 g/mol. The first-order chi connectivity index (χ1) is 9.79. The predicted molar refractivity (Wildman–Crippen MR) is 84.3 cm³/mol. The van der Waals surface area contributed by atoms with E-state index < -0.39 is 0 Å². The molecular formula is C16H24N2OS. The molecule has 0 bridgehead atoms. The molecule has 0 spiro atoms. The summed E-state index contributed by atoms with van der Waals surface area (Å²) in [5.41, 5.74) is 2.39. The maximum absolute atomic E-state index is 6.22. The Labute approximate surface area is 126 Å². The van der Waals surface area contributed by atoms with E-state index in [0.29, 0.717) is 12.2 Å². The Morgan fingerprint density at radius 3 is 2.80 bits per heavy atom. The van der Waals surface area contributed by atoms with Gasteiger partial charge in [0.15, 0.2) is 0 Å². The van der Waals surface area contributed by atoms with Crippen LogP contribution in [0.25, 0.3) is 0 Å². The molecule has 2 fully saturated rings. The molecule has 3 rings (SSSR count).